The third-order valence-corrected chi connectivity index (χ3v) is 4.37. The standard InChI is InChI=1S/C12H18IN3O/c1-9-2-4-12(7-17,5-3-9)16-11-10(13)6-14-8-15-11/h6,8-9,17H,2-5,7H2,1H3,(H,14,15,16). The second-order valence-corrected chi connectivity index (χ2v) is 6.13. The van der Waals surface area contributed by atoms with Crippen LogP contribution in [0, 0.1) is 9.49 Å². The van der Waals surface area contributed by atoms with Gasteiger partial charge in [-0.3, -0.25) is 0 Å². The highest BCUT2D eigenvalue weighted by atomic mass is 127. The third-order valence-electron chi connectivity index (χ3n) is 3.59. The molecule has 5 heteroatoms. The van der Waals surface area contributed by atoms with Crippen LogP contribution in [-0.2, 0) is 0 Å². The lowest BCUT2D eigenvalue weighted by Gasteiger charge is -2.39. The Morgan fingerprint density at radius 2 is 2.24 bits per heavy atom. The molecule has 4 nitrogen and oxygen atoms in total. The molecule has 1 aliphatic rings. The van der Waals surface area contributed by atoms with E-state index in [1.54, 1.807) is 12.5 Å². The largest absolute Gasteiger partial charge is 0.394 e. The average molecular weight is 347 g/mol. The van der Waals surface area contributed by atoms with Gasteiger partial charge in [-0.25, -0.2) is 9.97 Å². The third kappa shape index (κ3) is 3.07. The van der Waals surface area contributed by atoms with Gasteiger partial charge >= 0.3 is 0 Å². The molecule has 1 aromatic heterocycles. The van der Waals surface area contributed by atoms with Gasteiger partial charge in [-0.1, -0.05) is 6.92 Å². The van der Waals surface area contributed by atoms with E-state index in [1.165, 1.54) is 0 Å². The van der Waals surface area contributed by atoms with E-state index < -0.39 is 0 Å². The predicted octanol–water partition coefficient (Wildman–Crippen LogP) is 2.43. The lowest BCUT2D eigenvalue weighted by atomic mass is 9.77. The number of aliphatic hydroxyl groups excluding tert-OH is 1. The summed E-state index contributed by atoms with van der Waals surface area (Å²) >= 11 is 2.21. The molecule has 0 aromatic carbocycles. The van der Waals surface area contributed by atoms with Crippen molar-refractivity contribution in [3.63, 3.8) is 0 Å². The lowest BCUT2D eigenvalue weighted by Crippen LogP contribution is -2.45. The first-order valence-corrected chi connectivity index (χ1v) is 7.08. The summed E-state index contributed by atoms with van der Waals surface area (Å²) in [4.78, 5) is 8.22. The maximum absolute atomic E-state index is 9.67. The molecule has 0 saturated heterocycles. The normalized spacial score (nSPS) is 29.0. The van der Waals surface area contributed by atoms with Gasteiger partial charge in [0.1, 0.15) is 12.1 Å². The highest BCUT2D eigenvalue weighted by Gasteiger charge is 2.34. The Kier molecular flexibility index (Phi) is 4.19. The van der Waals surface area contributed by atoms with E-state index in [9.17, 15) is 5.11 Å². The fourth-order valence-electron chi connectivity index (χ4n) is 2.29. The molecule has 0 unspecified atom stereocenters. The Balaban J connectivity index is 2.12. The zero-order valence-corrected chi connectivity index (χ0v) is 12.1. The quantitative estimate of drug-likeness (QED) is 0.825. The zero-order valence-electron chi connectivity index (χ0n) is 9.99. The Morgan fingerprint density at radius 3 is 2.82 bits per heavy atom. The first-order valence-electron chi connectivity index (χ1n) is 6.00. The number of hydrogen-bond acceptors (Lipinski definition) is 4. The molecule has 1 heterocycles. The van der Waals surface area contributed by atoms with Crippen molar-refractivity contribution in [2.24, 2.45) is 5.92 Å². The van der Waals surface area contributed by atoms with E-state index in [-0.39, 0.29) is 12.1 Å². The molecular weight excluding hydrogens is 329 g/mol. The fourth-order valence-corrected chi connectivity index (χ4v) is 2.73. The number of halogens is 1. The molecule has 0 amide bonds. The fraction of sp³-hybridized carbons (Fsp3) is 0.667. The molecule has 0 radical (unpaired) electrons. The van der Waals surface area contributed by atoms with Crippen molar-refractivity contribution < 1.29 is 5.11 Å². The van der Waals surface area contributed by atoms with Crippen LogP contribution in [0.4, 0.5) is 5.82 Å². The molecule has 0 spiro atoms. The van der Waals surface area contributed by atoms with Crippen molar-refractivity contribution in [1.82, 2.24) is 9.97 Å². The summed E-state index contributed by atoms with van der Waals surface area (Å²) in [6, 6.07) is 0. The van der Waals surface area contributed by atoms with E-state index in [0.717, 1.165) is 41.0 Å². The number of aromatic nitrogens is 2. The summed E-state index contributed by atoms with van der Waals surface area (Å²) < 4.78 is 0.997. The molecule has 1 fully saturated rings. The van der Waals surface area contributed by atoms with E-state index >= 15 is 0 Å². The minimum Gasteiger partial charge on any atom is -0.394 e. The molecule has 94 valence electrons. The van der Waals surface area contributed by atoms with Gasteiger partial charge < -0.3 is 10.4 Å². The molecule has 1 aromatic rings. The van der Waals surface area contributed by atoms with Crippen molar-refractivity contribution in [2.45, 2.75) is 38.1 Å². The highest BCUT2D eigenvalue weighted by Crippen LogP contribution is 2.34. The summed E-state index contributed by atoms with van der Waals surface area (Å²) in [6.45, 7) is 2.44. The topological polar surface area (TPSA) is 58.0 Å². The van der Waals surface area contributed by atoms with Crippen molar-refractivity contribution in [3.05, 3.63) is 16.1 Å². The Hall–Kier alpha value is -0.430. The van der Waals surface area contributed by atoms with Crippen molar-refractivity contribution >= 4 is 28.4 Å². The van der Waals surface area contributed by atoms with Gasteiger partial charge in [-0.2, -0.15) is 0 Å². The van der Waals surface area contributed by atoms with Crippen LogP contribution < -0.4 is 5.32 Å². The van der Waals surface area contributed by atoms with E-state index in [4.69, 9.17) is 0 Å². The van der Waals surface area contributed by atoms with Crippen LogP contribution in [-0.4, -0.2) is 27.2 Å². The maximum atomic E-state index is 9.67. The summed E-state index contributed by atoms with van der Waals surface area (Å²) in [7, 11) is 0. The Bertz CT molecular complexity index is 378. The van der Waals surface area contributed by atoms with Gasteiger partial charge in [0, 0.05) is 6.20 Å². The maximum Gasteiger partial charge on any atom is 0.143 e. The molecule has 0 bridgehead atoms. The van der Waals surface area contributed by atoms with E-state index in [1.807, 2.05) is 0 Å². The Morgan fingerprint density at radius 1 is 1.53 bits per heavy atom. The first kappa shape index (κ1) is 13.0. The van der Waals surface area contributed by atoms with Crippen LogP contribution >= 0.6 is 22.6 Å². The summed E-state index contributed by atoms with van der Waals surface area (Å²) in [6.07, 6.45) is 7.66. The summed E-state index contributed by atoms with van der Waals surface area (Å²) in [5, 5.41) is 13.1. The van der Waals surface area contributed by atoms with Gasteiger partial charge in [0.25, 0.3) is 0 Å². The lowest BCUT2D eigenvalue weighted by molar-refractivity contribution is 0.155. The number of hydrogen-bond donors (Lipinski definition) is 2. The first-order chi connectivity index (χ1) is 8.15. The van der Waals surface area contributed by atoms with Crippen molar-refractivity contribution in [2.75, 3.05) is 11.9 Å². The van der Waals surface area contributed by atoms with Crippen LogP contribution in [0.25, 0.3) is 0 Å². The van der Waals surface area contributed by atoms with Crippen LogP contribution in [0.3, 0.4) is 0 Å². The molecule has 2 rings (SSSR count). The number of nitrogens with zero attached hydrogens (tertiary/aromatic N) is 2. The highest BCUT2D eigenvalue weighted by molar-refractivity contribution is 14.1. The van der Waals surface area contributed by atoms with Crippen LogP contribution in [0.1, 0.15) is 32.6 Å². The second kappa shape index (κ2) is 5.48. The van der Waals surface area contributed by atoms with Crippen LogP contribution in [0.5, 0.6) is 0 Å². The number of nitrogens with one attached hydrogen (secondary N) is 1. The molecular formula is C12H18IN3O. The Labute approximate surface area is 115 Å². The number of aliphatic hydroxyl groups is 1. The van der Waals surface area contributed by atoms with Crippen molar-refractivity contribution in [1.29, 1.82) is 0 Å². The van der Waals surface area contributed by atoms with Crippen LogP contribution in [0.2, 0.25) is 0 Å². The zero-order chi connectivity index (χ0) is 12.3. The molecule has 2 N–H and O–H groups in total. The second-order valence-electron chi connectivity index (χ2n) is 4.97. The monoisotopic (exact) mass is 347 g/mol. The SMILES string of the molecule is CC1CCC(CO)(Nc2ncncc2I)CC1. The average Bonchev–Trinajstić information content (AvgIpc) is 2.35. The molecule has 0 atom stereocenters. The number of rotatable bonds is 3. The molecule has 0 aliphatic heterocycles. The minimum absolute atomic E-state index is 0.166. The molecule has 1 saturated carbocycles. The smallest absolute Gasteiger partial charge is 0.143 e. The van der Waals surface area contributed by atoms with Crippen molar-refractivity contribution in [3.8, 4) is 0 Å². The molecule has 17 heavy (non-hydrogen) atoms. The molecule has 1 aliphatic carbocycles. The van der Waals surface area contributed by atoms with Gasteiger partial charge in [-0.15, -0.1) is 0 Å². The van der Waals surface area contributed by atoms with E-state index in [0.29, 0.717) is 0 Å². The van der Waals surface area contributed by atoms with Gasteiger partial charge in [0.05, 0.1) is 15.7 Å². The summed E-state index contributed by atoms with van der Waals surface area (Å²) in [5.41, 5.74) is -0.194. The number of anilines is 1. The van der Waals surface area contributed by atoms with E-state index in [2.05, 4.69) is 44.8 Å². The predicted molar refractivity (Wildman–Crippen MR) is 75.8 cm³/mol. The van der Waals surface area contributed by atoms with Gasteiger partial charge in [0.15, 0.2) is 0 Å². The van der Waals surface area contributed by atoms with Crippen LogP contribution in [0.15, 0.2) is 12.5 Å². The van der Waals surface area contributed by atoms with Gasteiger partial charge in [-0.05, 0) is 54.2 Å². The van der Waals surface area contributed by atoms with Gasteiger partial charge in [0.2, 0.25) is 0 Å². The minimum atomic E-state index is -0.194. The summed E-state index contributed by atoms with van der Waals surface area (Å²) in [5.74, 6) is 1.60.